The molecule has 0 aliphatic carbocycles. The fraction of sp³-hybridized carbons (Fsp3) is 0.429. The van der Waals surface area contributed by atoms with E-state index in [0.717, 1.165) is 50.7 Å². The summed E-state index contributed by atoms with van der Waals surface area (Å²) < 4.78 is 96.4. The molecule has 0 radical (unpaired) electrons. The number of rotatable bonds is 7. The second-order valence-electron chi connectivity index (χ2n) is 7.27. The van der Waals surface area contributed by atoms with Gasteiger partial charge < -0.3 is 24.4 Å². The highest BCUT2D eigenvalue weighted by atomic mass is 19.4. The van der Waals surface area contributed by atoms with Crippen LogP contribution in [0.15, 0.2) is 48.5 Å². The van der Waals surface area contributed by atoms with E-state index in [1.807, 2.05) is 0 Å². The Morgan fingerprint density at radius 1 is 0.719 bits per heavy atom. The normalized spacial score (nSPS) is 20.3. The van der Waals surface area contributed by atoms with Crippen molar-refractivity contribution in [3.63, 3.8) is 0 Å². The van der Waals surface area contributed by atoms with Crippen molar-refractivity contribution in [3.05, 3.63) is 59.7 Å². The van der Waals surface area contributed by atoms with Gasteiger partial charge in [0.2, 0.25) is 5.67 Å². The number of benzene rings is 2. The smallest absolute Gasteiger partial charge is 0.457 e. The van der Waals surface area contributed by atoms with Crippen LogP contribution in [-0.4, -0.2) is 60.9 Å². The Bertz CT molecular complexity index is 820. The topological polar surface area (TPSA) is 74.8 Å². The maximum Gasteiger partial charge on any atom is 0.457 e. The third kappa shape index (κ3) is 5.45. The molecule has 2 fully saturated rings. The Balaban J connectivity index is 0.000000264. The molecular weight excluding hydrogens is 446 g/mol. The minimum Gasteiger partial charge on any atom is -0.508 e. The van der Waals surface area contributed by atoms with E-state index in [1.54, 1.807) is 0 Å². The molecule has 176 valence electrons. The van der Waals surface area contributed by atoms with E-state index >= 15 is 4.39 Å². The molecule has 2 unspecified atom stereocenters. The van der Waals surface area contributed by atoms with Crippen molar-refractivity contribution in [1.82, 2.24) is 0 Å². The maximum atomic E-state index is 15.2. The minimum absolute atomic E-state index is 0.392. The Kier molecular flexibility index (Phi) is 6.91. The molecule has 0 spiro atoms. The fourth-order valence-electron chi connectivity index (χ4n) is 2.77. The van der Waals surface area contributed by atoms with Crippen LogP contribution in [-0.2, 0) is 19.9 Å². The number of hydrogen-bond acceptors (Lipinski definition) is 5. The Morgan fingerprint density at radius 3 is 1.34 bits per heavy atom. The summed E-state index contributed by atoms with van der Waals surface area (Å²) in [5.74, 6) is -6.58. The van der Waals surface area contributed by atoms with Gasteiger partial charge in [-0.2, -0.15) is 22.0 Å². The molecule has 32 heavy (non-hydrogen) atoms. The number of ether oxygens (including phenoxy) is 3. The molecule has 2 atom stereocenters. The molecule has 5 nitrogen and oxygen atoms in total. The summed E-state index contributed by atoms with van der Waals surface area (Å²) in [5, 5.41) is 18.3. The average molecular weight is 466 g/mol. The van der Waals surface area contributed by atoms with E-state index < -0.39 is 40.4 Å². The van der Waals surface area contributed by atoms with Crippen molar-refractivity contribution >= 4 is 0 Å². The molecule has 2 aromatic carbocycles. The monoisotopic (exact) mass is 466 g/mol. The summed E-state index contributed by atoms with van der Waals surface area (Å²) in [7, 11) is 0. The van der Waals surface area contributed by atoms with Crippen LogP contribution in [0.4, 0.5) is 26.3 Å². The van der Waals surface area contributed by atoms with Crippen molar-refractivity contribution in [1.29, 1.82) is 0 Å². The van der Waals surface area contributed by atoms with Gasteiger partial charge in [0.05, 0.1) is 26.4 Å². The summed E-state index contributed by atoms with van der Waals surface area (Å²) >= 11 is 0. The van der Waals surface area contributed by atoms with Crippen LogP contribution < -0.4 is 0 Å². The Hall–Kier alpha value is -2.50. The first-order valence-corrected chi connectivity index (χ1v) is 9.48. The van der Waals surface area contributed by atoms with Crippen LogP contribution in [0.1, 0.15) is 11.1 Å². The number of aromatic hydroxyl groups is 2. The highest BCUT2D eigenvalue weighted by molar-refractivity contribution is 5.43. The molecule has 2 aromatic rings. The summed E-state index contributed by atoms with van der Waals surface area (Å²) in [6.45, 7) is 3.26. The first-order chi connectivity index (χ1) is 14.9. The molecular formula is C21H20F6O5. The van der Waals surface area contributed by atoms with Gasteiger partial charge in [-0.25, -0.2) is 4.39 Å². The molecule has 0 aromatic heterocycles. The SMILES string of the molecule is C(OCC1CO1)C1CO1.Oc1ccc(C(F)(c2ccc(O)cc2)C(F)(F)C(F)(F)F)cc1. The number of phenols is 2. The number of alkyl halides is 6. The average Bonchev–Trinajstić information content (AvgIpc) is 3.64. The summed E-state index contributed by atoms with van der Waals surface area (Å²) in [6, 6.07) is 5.77. The summed E-state index contributed by atoms with van der Waals surface area (Å²) in [4.78, 5) is 0. The number of epoxide rings is 2. The maximum absolute atomic E-state index is 15.2. The lowest BCUT2D eigenvalue weighted by molar-refractivity contribution is -0.323. The second kappa shape index (κ2) is 9.16. The molecule has 2 aliphatic heterocycles. The van der Waals surface area contributed by atoms with E-state index in [0.29, 0.717) is 36.5 Å². The lowest BCUT2D eigenvalue weighted by atomic mass is 9.82. The zero-order valence-corrected chi connectivity index (χ0v) is 16.5. The van der Waals surface area contributed by atoms with Crippen LogP contribution in [0.2, 0.25) is 0 Å². The van der Waals surface area contributed by atoms with Crippen LogP contribution in [0, 0.1) is 0 Å². The molecule has 0 saturated carbocycles. The molecule has 0 amide bonds. The van der Waals surface area contributed by atoms with Gasteiger partial charge in [-0.3, -0.25) is 0 Å². The van der Waals surface area contributed by atoms with Crippen molar-refractivity contribution in [2.75, 3.05) is 26.4 Å². The molecule has 2 saturated heterocycles. The lowest BCUT2D eigenvalue weighted by Crippen LogP contribution is -2.53. The molecule has 2 N–H and O–H groups in total. The van der Waals surface area contributed by atoms with E-state index in [-0.39, 0.29) is 0 Å². The Morgan fingerprint density at radius 2 is 1.06 bits per heavy atom. The minimum atomic E-state index is -6.16. The van der Waals surface area contributed by atoms with Gasteiger partial charge in [0.15, 0.2) is 0 Å². The largest absolute Gasteiger partial charge is 0.508 e. The zero-order chi connectivity index (χ0) is 23.6. The van der Waals surface area contributed by atoms with Crippen LogP contribution in [0.5, 0.6) is 11.5 Å². The van der Waals surface area contributed by atoms with Crippen LogP contribution >= 0.6 is 0 Å². The van der Waals surface area contributed by atoms with Crippen molar-refractivity contribution in [3.8, 4) is 11.5 Å². The van der Waals surface area contributed by atoms with Crippen molar-refractivity contribution < 1.29 is 50.8 Å². The number of hydrogen-bond donors (Lipinski definition) is 2. The zero-order valence-electron chi connectivity index (χ0n) is 16.5. The van der Waals surface area contributed by atoms with Gasteiger partial charge in [0.25, 0.3) is 0 Å². The first kappa shape index (κ1) is 24.1. The predicted octanol–water partition coefficient (Wildman–Crippen LogP) is 4.31. The first-order valence-electron chi connectivity index (χ1n) is 9.48. The van der Waals surface area contributed by atoms with Crippen LogP contribution in [0.3, 0.4) is 0 Å². The molecule has 2 aliphatic rings. The molecule has 11 heteroatoms. The van der Waals surface area contributed by atoms with E-state index in [1.165, 1.54) is 0 Å². The number of halogens is 6. The summed E-state index contributed by atoms with van der Waals surface area (Å²) in [6.07, 6.45) is -5.37. The number of phenolic OH excluding ortho intramolecular Hbond substituents is 2. The van der Waals surface area contributed by atoms with E-state index in [2.05, 4.69) is 0 Å². The van der Waals surface area contributed by atoms with Crippen LogP contribution in [0.25, 0.3) is 0 Å². The highest BCUT2D eigenvalue weighted by Gasteiger charge is 2.72. The van der Waals surface area contributed by atoms with Gasteiger partial charge in [-0.1, -0.05) is 24.3 Å². The highest BCUT2D eigenvalue weighted by Crippen LogP contribution is 2.54. The Labute approximate surface area is 179 Å². The van der Waals surface area contributed by atoms with Gasteiger partial charge >= 0.3 is 12.1 Å². The van der Waals surface area contributed by atoms with E-state index in [9.17, 15) is 22.0 Å². The van der Waals surface area contributed by atoms with Gasteiger partial charge in [-0.15, -0.1) is 0 Å². The lowest BCUT2D eigenvalue weighted by Gasteiger charge is -2.35. The van der Waals surface area contributed by atoms with Gasteiger partial charge in [0.1, 0.15) is 23.7 Å². The van der Waals surface area contributed by atoms with Crippen molar-refractivity contribution in [2.45, 2.75) is 30.0 Å². The van der Waals surface area contributed by atoms with Gasteiger partial charge in [0, 0.05) is 11.1 Å². The predicted molar refractivity (Wildman–Crippen MR) is 99.4 cm³/mol. The third-order valence-corrected chi connectivity index (χ3v) is 4.73. The summed E-state index contributed by atoms with van der Waals surface area (Å²) in [5.41, 5.74) is -6.20. The quantitative estimate of drug-likeness (QED) is 0.470. The molecule has 4 rings (SSSR count). The molecule has 2 heterocycles. The van der Waals surface area contributed by atoms with Crippen molar-refractivity contribution in [2.24, 2.45) is 0 Å². The van der Waals surface area contributed by atoms with Gasteiger partial charge in [-0.05, 0) is 24.3 Å². The van der Waals surface area contributed by atoms with E-state index in [4.69, 9.17) is 24.4 Å². The standard InChI is InChI=1S/C15H10F6O2.C6H10O3/c16-13(14(17,18)15(19,20)21,9-1-5-11(22)6-2-9)10-3-7-12(23)8-4-10;1(5-3-8-5)7-2-6-4-9-6/h1-8,22-23H;5-6H,1-4H2. The second-order valence-corrected chi connectivity index (χ2v) is 7.27. The fourth-order valence-corrected chi connectivity index (χ4v) is 2.77. The molecule has 0 bridgehead atoms. The third-order valence-electron chi connectivity index (χ3n) is 4.73.